The fourth-order valence-electron chi connectivity index (χ4n) is 3.07. The second kappa shape index (κ2) is 10.5. The van der Waals surface area contributed by atoms with E-state index >= 15 is 0 Å². The zero-order valence-electron chi connectivity index (χ0n) is 18.5. The van der Waals surface area contributed by atoms with Crippen molar-refractivity contribution in [2.75, 3.05) is 12.9 Å². The van der Waals surface area contributed by atoms with Gasteiger partial charge in [0.2, 0.25) is 0 Å². The molecule has 168 valence electrons. The molecule has 1 amide bonds. The number of methoxy groups -OCH3 is 1. The van der Waals surface area contributed by atoms with Crippen molar-refractivity contribution in [1.29, 1.82) is 0 Å². The van der Waals surface area contributed by atoms with Gasteiger partial charge in [0, 0.05) is 21.0 Å². The number of ether oxygens (including phenoxy) is 1. The van der Waals surface area contributed by atoms with E-state index in [4.69, 9.17) is 4.74 Å². The molecule has 2 aromatic heterocycles. The molecule has 0 radical (unpaired) electrons. The van der Waals surface area contributed by atoms with Gasteiger partial charge >= 0.3 is 0 Å². The van der Waals surface area contributed by atoms with E-state index in [-0.39, 0.29) is 11.7 Å². The summed E-state index contributed by atoms with van der Waals surface area (Å²) in [6.07, 6.45) is 1.65. The Balaban J connectivity index is 1.53. The summed E-state index contributed by atoms with van der Waals surface area (Å²) < 4.78 is 7.23. The van der Waals surface area contributed by atoms with Gasteiger partial charge in [-0.05, 0) is 50.2 Å². The Hall–Kier alpha value is -3.43. The number of rotatable bonds is 8. The summed E-state index contributed by atoms with van der Waals surface area (Å²) in [6.45, 7) is 4.07. The summed E-state index contributed by atoms with van der Waals surface area (Å²) in [4.78, 5) is 14.5. The normalized spacial score (nSPS) is 11.1. The van der Waals surface area contributed by atoms with Gasteiger partial charge in [-0.15, -0.1) is 21.5 Å². The van der Waals surface area contributed by atoms with Gasteiger partial charge in [0.1, 0.15) is 5.75 Å². The summed E-state index contributed by atoms with van der Waals surface area (Å²) in [5.74, 6) is 1.40. The molecule has 0 aliphatic heterocycles. The molecule has 0 aliphatic carbocycles. The quantitative estimate of drug-likeness (QED) is 0.223. The van der Waals surface area contributed by atoms with Crippen LogP contribution in [0.15, 0.2) is 70.9 Å². The number of carbonyl (C=O) groups is 1. The SMILES string of the molecule is COc1ccc(-n2c(SCC(=O)N/N=C\c3ccc(C)s3)nnc2-c2ccc(C)cc2)cc1. The summed E-state index contributed by atoms with van der Waals surface area (Å²) >= 11 is 2.92. The van der Waals surface area contributed by atoms with Crippen molar-refractivity contribution in [2.24, 2.45) is 5.10 Å². The van der Waals surface area contributed by atoms with Crippen LogP contribution in [0, 0.1) is 13.8 Å². The second-order valence-electron chi connectivity index (χ2n) is 7.24. The maximum Gasteiger partial charge on any atom is 0.250 e. The summed E-state index contributed by atoms with van der Waals surface area (Å²) in [7, 11) is 1.63. The molecule has 0 saturated heterocycles. The first-order valence-corrected chi connectivity index (χ1v) is 12.0. The fourth-order valence-corrected chi connectivity index (χ4v) is 4.56. The van der Waals surface area contributed by atoms with E-state index in [1.807, 2.05) is 79.1 Å². The Kier molecular flexibility index (Phi) is 7.21. The Morgan fingerprint density at radius 3 is 2.52 bits per heavy atom. The van der Waals surface area contributed by atoms with Crippen LogP contribution in [0.25, 0.3) is 17.1 Å². The molecule has 2 heterocycles. The van der Waals surface area contributed by atoms with Gasteiger partial charge in [0.05, 0.1) is 19.1 Å². The number of hydrogen-bond acceptors (Lipinski definition) is 7. The number of amides is 1. The largest absolute Gasteiger partial charge is 0.497 e. The highest BCUT2D eigenvalue weighted by Crippen LogP contribution is 2.29. The molecule has 9 heteroatoms. The molecule has 0 atom stereocenters. The van der Waals surface area contributed by atoms with Gasteiger partial charge < -0.3 is 4.74 Å². The molecule has 4 rings (SSSR count). The third kappa shape index (κ3) is 5.68. The van der Waals surface area contributed by atoms with E-state index in [0.717, 1.165) is 21.9 Å². The van der Waals surface area contributed by atoms with Crippen LogP contribution in [0.5, 0.6) is 5.75 Å². The van der Waals surface area contributed by atoms with Crippen molar-refractivity contribution in [3.63, 3.8) is 0 Å². The molecule has 33 heavy (non-hydrogen) atoms. The zero-order chi connectivity index (χ0) is 23.2. The topological polar surface area (TPSA) is 81.4 Å². The third-order valence-corrected chi connectivity index (χ3v) is 6.61. The lowest BCUT2D eigenvalue weighted by atomic mass is 10.1. The number of hydrogen-bond donors (Lipinski definition) is 1. The molecule has 0 unspecified atom stereocenters. The Bertz CT molecular complexity index is 1260. The lowest BCUT2D eigenvalue weighted by molar-refractivity contribution is -0.118. The standard InChI is InChI=1S/C24H23N5O2S2/c1-16-4-7-18(8-5-16)23-27-28-24(29(23)19-9-11-20(31-3)12-10-19)32-15-22(30)26-25-14-21-13-6-17(2)33-21/h4-14H,15H2,1-3H3,(H,26,30)/b25-14-. The van der Waals surface area contributed by atoms with Crippen LogP contribution < -0.4 is 10.2 Å². The molecular weight excluding hydrogens is 454 g/mol. The highest BCUT2D eigenvalue weighted by molar-refractivity contribution is 7.99. The Labute approximate surface area is 200 Å². The van der Waals surface area contributed by atoms with Crippen LogP contribution in [0.3, 0.4) is 0 Å². The van der Waals surface area contributed by atoms with Crippen LogP contribution in [0.4, 0.5) is 0 Å². The fraction of sp³-hybridized carbons (Fsp3) is 0.167. The second-order valence-corrected chi connectivity index (χ2v) is 9.50. The van der Waals surface area contributed by atoms with Crippen molar-refractivity contribution in [3.8, 4) is 22.8 Å². The van der Waals surface area contributed by atoms with E-state index in [1.54, 1.807) is 24.7 Å². The predicted molar refractivity (Wildman–Crippen MR) is 134 cm³/mol. The van der Waals surface area contributed by atoms with E-state index < -0.39 is 0 Å². The average molecular weight is 478 g/mol. The number of carbonyl (C=O) groups excluding carboxylic acids is 1. The van der Waals surface area contributed by atoms with Crippen molar-refractivity contribution in [2.45, 2.75) is 19.0 Å². The van der Waals surface area contributed by atoms with Crippen LogP contribution >= 0.6 is 23.1 Å². The third-order valence-electron chi connectivity index (χ3n) is 4.75. The number of thiophene rings is 1. The van der Waals surface area contributed by atoms with Gasteiger partial charge in [0.25, 0.3) is 5.91 Å². The lowest BCUT2D eigenvalue weighted by Gasteiger charge is -2.11. The van der Waals surface area contributed by atoms with Crippen LogP contribution in [0.1, 0.15) is 15.3 Å². The van der Waals surface area contributed by atoms with Crippen LogP contribution in [-0.4, -0.2) is 39.7 Å². The molecule has 0 spiro atoms. The Morgan fingerprint density at radius 2 is 1.85 bits per heavy atom. The number of nitrogens with zero attached hydrogens (tertiary/aromatic N) is 4. The maximum atomic E-state index is 12.3. The number of hydrazone groups is 1. The molecule has 1 N–H and O–H groups in total. The van der Waals surface area contributed by atoms with Gasteiger partial charge in [-0.2, -0.15) is 5.10 Å². The smallest absolute Gasteiger partial charge is 0.250 e. The van der Waals surface area contributed by atoms with E-state index in [0.29, 0.717) is 11.0 Å². The molecular formula is C24H23N5O2S2. The van der Waals surface area contributed by atoms with E-state index in [2.05, 4.69) is 20.7 Å². The number of benzene rings is 2. The number of aryl methyl sites for hydroxylation is 2. The van der Waals surface area contributed by atoms with Gasteiger partial charge in [-0.3, -0.25) is 9.36 Å². The molecule has 0 fully saturated rings. The molecule has 2 aromatic carbocycles. The van der Waals surface area contributed by atoms with Crippen molar-refractivity contribution in [1.82, 2.24) is 20.2 Å². The van der Waals surface area contributed by atoms with Gasteiger partial charge in [-0.25, -0.2) is 5.43 Å². The minimum atomic E-state index is -0.217. The molecule has 4 aromatic rings. The van der Waals surface area contributed by atoms with Gasteiger partial charge in [-0.1, -0.05) is 41.6 Å². The van der Waals surface area contributed by atoms with E-state index in [9.17, 15) is 4.79 Å². The Morgan fingerprint density at radius 1 is 1.09 bits per heavy atom. The first-order valence-electron chi connectivity index (χ1n) is 10.2. The average Bonchev–Trinajstić information content (AvgIpc) is 3.44. The number of thioether (sulfide) groups is 1. The summed E-state index contributed by atoms with van der Waals surface area (Å²) in [5.41, 5.74) is 5.56. The predicted octanol–water partition coefficient (Wildman–Crippen LogP) is 4.86. The first-order chi connectivity index (χ1) is 16.0. The monoisotopic (exact) mass is 477 g/mol. The minimum Gasteiger partial charge on any atom is -0.497 e. The lowest BCUT2D eigenvalue weighted by Crippen LogP contribution is -2.19. The first kappa shape index (κ1) is 22.8. The van der Waals surface area contributed by atoms with Crippen molar-refractivity contribution < 1.29 is 9.53 Å². The number of aromatic nitrogens is 3. The van der Waals surface area contributed by atoms with Crippen LogP contribution in [-0.2, 0) is 4.79 Å². The van der Waals surface area contributed by atoms with Crippen molar-refractivity contribution >= 4 is 35.2 Å². The zero-order valence-corrected chi connectivity index (χ0v) is 20.1. The van der Waals surface area contributed by atoms with Crippen molar-refractivity contribution in [3.05, 3.63) is 76.0 Å². The maximum absolute atomic E-state index is 12.3. The highest BCUT2D eigenvalue weighted by atomic mass is 32.2. The molecule has 0 saturated carbocycles. The minimum absolute atomic E-state index is 0.156. The molecule has 0 aliphatic rings. The van der Waals surface area contributed by atoms with E-state index in [1.165, 1.54) is 22.2 Å². The van der Waals surface area contributed by atoms with Crippen LogP contribution in [0.2, 0.25) is 0 Å². The molecule has 0 bridgehead atoms. The highest BCUT2D eigenvalue weighted by Gasteiger charge is 2.17. The summed E-state index contributed by atoms with van der Waals surface area (Å²) in [6, 6.07) is 19.7. The summed E-state index contributed by atoms with van der Waals surface area (Å²) in [5, 5.41) is 13.4. The van der Waals surface area contributed by atoms with Gasteiger partial charge in [0.15, 0.2) is 11.0 Å². The number of nitrogens with one attached hydrogen (secondary N) is 1. The molecule has 7 nitrogen and oxygen atoms in total.